The van der Waals surface area contributed by atoms with Crippen molar-refractivity contribution in [2.45, 2.75) is 39.9 Å². The van der Waals surface area contributed by atoms with Crippen molar-refractivity contribution in [3.8, 4) is 0 Å². The fourth-order valence-corrected chi connectivity index (χ4v) is 2.96. The zero-order valence-electron chi connectivity index (χ0n) is 15.9. The molecule has 2 aromatic rings. The molecule has 3 amide bonds. The van der Waals surface area contributed by atoms with Crippen molar-refractivity contribution in [2.24, 2.45) is 7.05 Å². The number of amides is 3. The lowest BCUT2D eigenvalue weighted by Crippen LogP contribution is -2.32. The molecule has 0 radical (unpaired) electrons. The maximum Gasteiger partial charge on any atom is 0.322 e. The number of anilines is 1. The second-order valence-corrected chi connectivity index (χ2v) is 6.94. The normalized spacial score (nSPS) is 12.9. The number of urea groups is 1. The van der Waals surface area contributed by atoms with Crippen molar-refractivity contribution < 1.29 is 9.59 Å². The summed E-state index contributed by atoms with van der Waals surface area (Å²) in [6.07, 6.45) is 0. The number of rotatable bonds is 3. The van der Waals surface area contributed by atoms with E-state index in [1.807, 2.05) is 13.8 Å². The fraction of sp³-hybridized carbons (Fsp3) is 0.368. The van der Waals surface area contributed by atoms with E-state index in [-0.39, 0.29) is 36.6 Å². The molecule has 0 atom stereocenters. The molecule has 27 heavy (non-hydrogen) atoms. The molecule has 0 fully saturated rings. The number of fused-ring (bicyclic) bond motifs is 1. The minimum Gasteiger partial charge on any atom is -0.350 e. The van der Waals surface area contributed by atoms with Crippen LogP contribution in [0.25, 0.3) is 0 Å². The zero-order chi connectivity index (χ0) is 19.7. The molecule has 3 rings (SSSR count). The van der Waals surface area contributed by atoms with Crippen LogP contribution in [0.1, 0.15) is 41.3 Å². The van der Waals surface area contributed by atoms with Crippen molar-refractivity contribution in [3.63, 3.8) is 0 Å². The van der Waals surface area contributed by atoms with Crippen molar-refractivity contribution in [1.82, 2.24) is 19.8 Å². The fourth-order valence-electron chi connectivity index (χ4n) is 2.96. The highest BCUT2D eigenvalue weighted by molar-refractivity contribution is 5.97. The van der Waals surface area contributed by atoms with Gasteiger partial charge >= 0.3 is 6.03 Å². The molecule has 0 saturated carbocycles. The molecule has 1 aromatic carbocycles. The van der Waals surface area contributed by atoms with E-state index < -0.39 is 0 Å². The van der Waals surface area contributed by atoms with Gasteiger partial charge in [0.25, 0.3) is 11.5 Å². The maximum absolute atomic E-state index is 12.6. The predicted octanol–water partition coefficient (Wildman–Crippen LogP) is 1.77. The van der Waals surface area contributed by atoms with Gasteiger partial charge in [-0.15, -0.1) is 0 Å². The van der Waals surface area contributed by atoms with E-state index in [0.29, 0.717) is 28.3 Å². The smallest absolute Gasteiger partial charge is 0.322 e. The number of hydrogen-bond donors (Lipinski definition) is 2. The lowest BCUT2D eigenvalue weighted by Gasteiger charge is -2.16. The quantitative estimate of drug-likeness (QED) is 0.862. The number of carbonyl (C=O) groups is 2. The molecule has 8 nitrogen and oxygen atoms in total. The molecule has 2 heterocycles. The maximum atomic E-state index is 12.6. The standard InChI is InChI=1S/C19H23N5O3/c1-11(2)20-17(25)13-6-5-7-14(8-13)22-19(27)24-9-15-16(10-24)21-12(3)23(4)18(15)26/h5-8,11H,9-10H2,1-4H3,(H,20,25)(H,22,27). The van der Waals surface area contributed by atoms with Gasteiger partial charge in [-0.1, -0.05) is 6.07 Å². The first-order valence-electron chi connectivity index (χ1n) is 8.78. The van der Waals surface area contributed by atoms with E-state index in [4.69, 9.17) is 0 Å². The van der Waals surface area contributed by atoms with Gasteiger partial charge in [-0.25, -0.2) is 9.78 Å². The number of benzene rings is 1. The van der Waals surface area contributed by atoms with Gasteiger partial charge in [-0.2, -0.15) is 0 Å². The monoisotopic (exact) mass is 369 g/mol. The SMILES string of the molecule is Cc1nc2c(c(=O)n1C)CN(C(=O)Nc1cccc(C(=O)NC(C)C)c1)C2. The van der Waals surface area contributed by atoms with Gasteiger partial charge in [0.15, 0.2) is 0 Å². The van der Waals surface area contributed by atoms with Gasteiger partial charge in [0.1, 0.15) is 5.82 Å². The van der Waals surface area contributed by atoms with Gasteiger partial charge in [0.2, 0.25) is 0 Å². The molecular formula is C19H23N5O3. The summed E-state index contributed by atoms with van der Waals surface area (Å²) in [5, 5.41) is 5.60. The average molecular weight is 369 g/mol. The Morgan fingerprint density at radius 1 is 1.22 bits per heavy atom. The molecular weight excluding hydrogens is 346 g/mol. The Morgan fingerprint density at radius 2 is 1.96 bits per heavy atom. The minimum atomic E-state index is -0.339. The second kappa shape index (κ2) is 7.22. The first kappa shape index (κ1) is 18.6. The Balaban J connectivity index is 1.73. The minimum absolute atomic E-state index is 0.0254. The second-order valence-electron chi connectivity index (χ2n) is 6.94. The van der Waals surface area contributed by atoms with Gasteiger partial charge in [0.05, 0.1) is 24.3 Å². The van der Waals surface area contributed by atoms with Crippen LogP contribution in [0.3, 0.4) is 0 Å². The third kappa shape index (κ3) is 3.84. The summed E-state index contributed by atoms with van der Waals surface area (Å²) < 4.78 is 1.48. The number of nitrogens with zero attached hydrogens (tertiary/aromatic N) is 3. The van der Waals surface area contributed by atoms with Gasteiger partial charge in [0, 0.05) is 24.3 Å². The molecule has 0 bridgehead atoms. The van der Waals surface area contributed by atoms with Crippen LogP contribution in [0.2, 0.25) is 0 Å². The van der Waals surface area contributed by atoms with Crippen molar-refractivity contribution in [2.75, 3.05) is 5.32 Å². The van der Waals surface area contributed by atoms with Gasteiger partial charge < -0.3 is 15.5 Å². The molecule has 1 aromatic heterocycles. The Hall–Kier alpha value is -3.16. The third-order valence-electron chi connectivity index (χ3n) is 4.47. The van der Waals surface area contributed by atoms with Gasteiger partial charge in [-0.05, 0) is 39.0 Å². The Morgan fingerprint density at radius 3 is 2.67 bits per heavy atom. The molecule has 0 aliphatic carbocycles. The Bertz CT molecular complexity index is 964. The van der Waals surface area contributed by atoms with E-state index in [2.05, 4.69) is 15.6 Å². The van der Waals surface area contributed by atoms with E-state index in [0.717, 1.165) is 0 Å². The lowest BCUT2D eigenvalue weighted by atomic mass is 10.2. The van der Waals surface area contributed by atoms with Crippen LogP contribution in [0.4, 0.5) is 10.5 Å². The molecule has 8 heteroatoms. The van der Waals surface area contributed by atoms with Crippen LogP contribution >= 0.6 is 0 Å². The highest BCUT2D eigenvalue weighted by Crippen LogP contribution is 2.20. The third-order valence-corrected chi connectivity index (χ3v) is 4.47. The predicted molar refractivity (Wildman–Crippen MR) is 102 cm³/mol. The summed E-state index contributed by atoms with van der Waals surface area (Å²) in [5.41, 5.74) is 2.04. The number of carbonyl (C=O) groups excluding carboxylic acids is 2. The lowest BCUT2D eigenvalue weighted by molar-refractivity contribution is 0.0943. The van der Waals surface area contributed by atoms with E-state index in [9.17, 15) is 14.4 Å². The topological polar surface area (TPSA) is 96.3 Å². The number of hydrogen-bond acceptors (Lipinski definition) is 4. The summed E-state index contributed by atoms with van der Waals surface area (Å²) in [5.74, 6) is 0.419. The van der Waals surface area contributed by atoms with Crippen LogP contribution in [0.15, 0.2) is 29.1 Å². The van der Waals surface area contributed by atoms with Crippen molar-refractivity contribution >= 4 is 17.6 Å². The van der Waals surface area contributed by atoms with Crippen molar-refractivity contribution in [1.29, 1.82) is 0 Å². The average Bonchev–Trinajstić information content (AvgIpc) is 3.03. The summed E-state index contributed by atoms with van der Waals surface area (Å²) in [7, 11) is 1.67. The molecule has 1 aliphatic heterocycles. The van der Waals surface area contributed by atoms with E-state index >= 15 is 0 Å². The Labute approximate surface area is 157 Å². The van der Waals surface area contributed by atoms with Crippen LogP contribution in [-0.2, 0) is 20.1 Å². The van der Waals surface area contributed by atoms with Crippen LogP contribution in [-0.4, -0.2) is 32.4 Å². The molecule has 1 aliphatic rings. The molecule has 0 unspecified atom stereocenters. The highest BCUT2D eigenvalue weighted by atomic mass is 16.2. The number of aromatic nitrogens is 2. The molecule has 0 spiro atoms. The molecule has 2 N–H and O–H groups in total. The largest absolute Gasteiger partial charge is 0.350 e. The summed E-state index contributed by atoms with van der Waals surface area (Å²) in [6, 6.07) is 6.43. The molecule has 0 saturated heterocycles. The summed E-state index contributed by atoms with van der Waals surface area (Å²) in [4.78, 5) is 43.0. The highest BCUT2D eigenvalue weighted by Gasteiger charge is 2.28. The van der Waals surface area contributed by atoms with Gasteiger partial charge in [-0.3, -0.25) is 14.2 Å². The number of nitrogens with one attached hydrogen (secondary N) is 2. The Kier molecular flexibility index (Phi) is 4.98. The summed E-state index contributed by atoms with van der Waals surface area (Å²) in [6.45, 7) is 6.03. The van der Waals surface area contributed by atoms with E-state index in [1.165, 1.54) is 9.47 Å². The summed E-state index contributed by atoms with van der Waals surface area (Å²) >= 11 is 0. The van der Waals surface area contributed by atoms with Crippen LogP contribution < -0.4 is 16.2 Å². The van der Waals surface area contributed by atoms with Crippen LogP contribution in [0.5, 0.6) is 0 Å². The number of aryl methyl sites for hydroxylation is 1. The van der Waals surface area contributed by atoms with E-state index in [1.54, 1.807) is 38.2 Å². The first-order chi connectivity index (χ1) is 12.8. The van der Waals surface area contributed by atoms with Crippen molar-refractivity contribution in [3.05, 3.63) is 57.3 Å². The first-order valence-corrected chi connectivity index (χ1v) is 8.78. The molecule has 142 valence electrons. The van der Waals surface area contributed by atoms with Crippen LogP contribution in [0, 0.1) is 6.92 Å². The zero-order valence-corrected chi connectivity index (χ0v) is 15.9.